The zero-order valence-corrected chi connectivity index (χ0v) is 12.8. The lowest BCUT2D eigenvalue weighted by Crippen LogP contribution is -2.45. The standard InChI is InChI=1S/C16H23BO3/c1-14(2)15(3,4)20-17(19-14)13-9-6-5-8-12(13)16(18)10-7-11-16/h5-6,8-9,18H,7,10-11H2,1-4H3. The van der Waals surface area contributed by atoms with Gasteiger partial charge in [0.2, 0.25) is 0 Å². The molecule has 0 bridgehead atoms. The molecule has 1 N–H and O–H groups in total. The molecule has 1 heterocycles. The summed E-state index contributed by atoms with van der Waals surface area (Å²) in [7, 11) is -0.402. The molecule has 0 unspecified atom stereocenters. The molecule has 4 heteroatoms. The van der Waals surface area contributed by atoms with Gasteiger partial charge in [-0.25, -0.2) is 0 Å². The average molecular weight is 274 g/mol. The molecule has 0 aromatic heterocycles. The van der Waals surface area contributed by atoms with Gasteiger partial charge in [-0.3, -0.25) is 0 Å². The summed E-state index contributed by atoms with van der Waals surface area (Å²) in [5, 5.41) is 10.7. The second kappa shape index (κ2) is 4.33. The Morgan fingerprint density at radius 1 is 1.00 bits per heavy atom. The Kier molecular flexibility index (Phi) is 3.05. The van der Waals surface area contributed by atoms with Gasteiger partial charge in [0.25, 0.3) is 0 Å². The molecule has 1 saturated heterocycles. The number of benzene rings is 1. The van der Waals surface area contributed by atoms with Crippen molar-refractivity contribution in [3.05, 3.63) is 29.8 Å². The summed E-state index contributed by atoms with van der Waals surface area (Å²) < 4.78 is 12.2. The van der Waals surface area contributed by atoms with Gasteiger partial charge in [0, 0.05) is 0 Å². The van der Waals surface area contributed by atoms with Crippen LogP contribution in [0.4, 0.5) is 0 Å². The topological polar surface area (TPSA) is 38.7 Å². The average Bonchev–Trinajstić information content (AvgIpc) is 2.55. The van der Waals surface area contributed by atoms with E-state index in [-0.39, 0.29) is 11.2 Å². The minimum absolute atomic E-state index is 0.354. The van der Waals surface area contributed by atoms with Crippen molar-refractivity contribution in [1.29, 1.82) is 0 Å². The number of hydrogen-bond acceptors (Lipinski definition) is 3. The zero-order valence-electron chi connectivity index (χ0n) is 12.8. The molecule has 2 fully saturated rings. The lowest BCUT2D eigenvalue weighted by Gasteiger charge is -2.38. The lowest BCUT2D eigenvalue weighted by atomic mass is 9.66. The van der Waals surface area contributed by atoms with Crippen molar-refractivity contribution < 1.29 is 14.4 Å². The highest BCUT2D eigenvalue weighted by atomic mass is 16.7. The van der Waals surface area contributed by atoms with Crippen molar-refractivity contribution in [1.82, 2.24) is 0 Å². The van der Waals surface area contributed by atoms with Crippen LogP contribution in [-0.4, -0.2) is 23.4 Å². The van der Waals surface area contributed by atoms with Crippen LogP contribution in [0.15, 0.2) is 24.3 Å². The molecule has 1 aliphatic heterocycles. The molecule has 0 atom stereocenters. The summed E-state index contributed by atoms with van der Waals surface area (Å²) in [5.41, 5.74) is 0.526. The van der Waals surface area contributed by atoms with Gasteiger partial charge in [-0.15, -0.1) is 0 Å². The molecule has 2 aliphatic rings. The third-order valence-corrected chi connectivity index (χ3v) is 5.15. The monoisotopic (exact) mass is 274 g/mol. The highest BCUT2D eigenvalue weighted by Crippen LogP contribution is 2.42. The van der Waals surface area contributed by atoms with Crippen LogP contribution in [0.3, 0.4) is 0 Å². The Labute approximate surface area is 121 Å². The Hall–Kier alpha value is -0.835. The van der Waals surface area contributed by atoms with Gasteiger partial charge < -0.3 is 14.4 Å². The predicted octanol–water partition coefficient (Wildman–Crippen LogP) is 2.36. The largest absolute Gasteiger partial charge is 0.495 e. The van der Waals surface area contributed by atoms with Crippen LogP contribution in [-0.2, 0) is 14.9 Å². The molecular formula is C16H23BO3. The van der Waals surface area contributed by atoms with E-state index in [4.69, 9.17) is 9.31 Å². The fraction of sp³-hybridized carbons (Fsp3) is 0.625. The summed E-state index contributed by atoms with van der Waals surface area (Å²) in [6.07, 6.45) is 2.72. The number of aliphatic hydroxyl groups is 1. The van der Waals surface area contributed by atoms with Crippen molar-refractivity contribution >= 4 is 12.6 Å². The fourth-order valence-electron chi connectivity index (χ4n) is 2.88. The van der Waals surface area contributed by atoms with Crippen LogP contribution >= 0.6 is 0 Å². The summed E-state index contributed by atoms with van der Waals surface area (Å²) in [4.78, 5) is 0. The molecule has 0 amide bonds. The van der Waals surface area contributed by atoms with Crippen LogP contribution in [0.2, 0.25) is 0 Å². The molecule has 0 radical (unpaired) electrons. The second-order valence-corrected chi connectivity index (χ2v) is 7.06. The molecule has 1 saturated carbocycles. The van der Waals surface area contributed by atoms with E-state index in [2.05, 4.69) is 0 Å². The van der Waals surface area contributed by atoms with E-state index in [0.29, 0.717) is 0 Å². The summed E-state index contributed by atoms with van der Waals surface area (Å²) in [6.45, 7) is 8.20. The Morgan fingerprint density at radius 2 is 1.55 bits per heavy atom. The fourth-order valence-corrected chi connectivity index (χ4v) is 2.88. The van der Waals surface area contributed by atoms with Gasteiger partial charge in [0.1, 0.15) is 0 Å². The van der Waals surface area contributed by atoms with E-state index in [9.17, 15) is 5.11 Å². The lowest BCUT2D eigenvalue weighted by molar-refractivity contribution is -0.0381. The smallest absolute Gasteiger partial charge is 0.399 e. The number of hydrogen-bond donors (Lipinski definition) is 1. The molecule has 1 aromatic carbocycles. The highest BCUT2D eigenvalue weighted by Gasteiger charge is 2.53. The maximum Gasteiger partial charge on any atom is 0.495 e. The predicted molar refractivity (Wildman–Crippen MR) is 79.9 cm³/mol. The molecule has 1 aliphatic carbocycles. The van der Waals surface area contributed by atoms with Gasteiger partial charge in [-0.2, -0.15) is 0 Å². The first-order valence-electron chi connectivity index (χ1n) is 7.43. The van der Waals surface area contributed by atoms with Crippen LogP contribution in [0.1, 0.15) is 52.5 Å². The summed E-state index contributed by atoms with van der Waals surface area (Å²) >= 11 is 0. The Balaban J connectivity index is 1.96. The molecule has 1 aromatic rings. The Morgan fingerprint density at radius 3 is 2.05 bits per heavy atom. The normalized spacial score (nSPS) is 26.4. The second-order valence-electron chi connectivity index (χ2n) is 7.06. The van der Waals surface area contributed by atoms with Crippen molar-refractivity contribution in [3.63, 3.8) is 0 Å². The van der Waals surface area contributed by atoms with Crippen LogP contribution in [0, 0.1) is 0 Å². The van der Waals surface area contributed by atoms with Crippen LogP contribution < -0.4 is 5.46 Å². The van der Waals surface area contributed by atoms with Crippen LogP contribution in [0.25, 0.3) is 0 Å². The van der Waals surface area contributed by atoms with Crippen molar-refractivity contribution in [2.45, 2.75) is 63.8 Å². The number of rotatable bonds is 2. The molecule has 108 valence electrons. The minimum atomic E-state index is -0.694. The quantitative estimate of drug-likeness (QED) is 0.841. The first-order chi connectivity index (χ1) is 9.25. The van der Waals surface area contributed by atoms with E-state index in [0.717, 1.165) is 30.3 Å². The molecule has 0 spiro atoms. The molecule has 3 rings (SSSR count). The molecule has 3 nitrogen and oxygen atoms in total. The van der Waals surface area contributed by atoms with Gasteiger partial charge in [-0.1, -0.05) is 24.3 Å². The van der Waals surface area contributed by atoms with E-state index in [1.807, 2.05) is 52.0 Å². The van der Waals surface area contributed by atoms with E-state index >= 15 is 0 Å². The van der Waals surface area contributed by atoms with Gasteiger partial charge in [-0.05, 0) is 58.0 Å². The first kappa shape index (κ1) is 14.1. The maximum absolute atomic E-state index is 10.7. The van der Waals surface area contributed by atoms with E-state index in [1.165, 1.54) is 0 Å². The summed E-state index contributed by atoms with van der Waals surface area (Å²) in [5.74, 6) is 0. The van der Waals surface area contributed by atoms with Crippen molar-refractivity contribution in [2.75, 3.05) is 0 Å². The van der Waals surface area contributed by atoms with Gasteiger partial charge in [0.05, 0.1) is 16.8 Å². The Bertz CT molecular complexity index is 504. The highest BCUT2D eigenvalue weighted by molar-refractivity contribution is 6.62. The van der Waals surface area contributed by atoms with Crippen molar-refractivity contribution in [2.24, 2.45) is 0 Å². The third-order valence-electron chi connectivity index (χ3n) is 5.15. The molecular weight excluding hydrogens is 251 g/mol. The third kappa shape index (κ3) is 2.02. The first-order valence-corrected chi connectivity index (χ1v) is 7.43. The SMILES string of the molecule is CC1(C)OB(c2ccccc2C2(O)CCC2)OC1(C)C. The summed E-state index contributed by atoms with van der Waals surface area (Å²) in [6, 6.07) is 7.96. The minimum Gasteiger partial charge on any atom is -0.399 e. The maximum atomic E-state index is 10.7. The van der Waals surface area contributed by atoms with Crippen LogP contribution in [0.5, 0.6) is 0 Å². The van der Waals surface area contributed by atoms with Gasteiger partial charge >= 0.3 is 7.12 Å². The van der Waals surface area contributed by atoms with E-state index < -0.39 is 12.7 Å². The zero-order chi connectivity index (χ0) is 14.6. The van der Waals surface area contributed by atoms with Gasteiger partial charge in [0.15, 0.2) is 0 Å². The van der Waals surface area contributed by atoms with Crippen molar-refractivity contribution in [3.8, 4) is 0 Å². The van der Waals surface area contributed by atoms with E-state index in [1.54, 1.807) is 0 Å². The molecule has 20 heavy (non-hydrogen) atoms.